The van der Waals surface area contributed by atoms with Crippen LogP contribution < -0.4 is 16.0 Å². The second-order valence-electron chi connectivity index (χ2n) is 8.31. The molecule has 9 nitrogen and oxygen atoms in total. The highest BCUT2D eigenvalue weighted by molar-refractivity contribution is 7.13. The summed E-state index contributed by atoms with van der Waals surface area (Å²) in [6, 6.07) is 1.53. The highest BCUT2D eigenvalue weighted by atomic mass is 32.1. The van der Waals surface area contributed by atoms with E-state index >= 15 is 0 Å². The van der Waals surface area contributed by atoms with Gasteiger partial charge in [0, 0.05) is 17.1 Å². The van der Waals surface area contributed by atoms with Crippen LogP contribution in [0.2, 0.25) is 0 Å². The van der Waals surface area contributed by atoms with Crippen LogP contribution in [-0.4, -0.2) is 40.3 Å². The van der Waals surface area contributed by atoms with Gasteiger partial charge in [-0.05, 0) is 39.3 Å². The van der Waals surface area contributed by atoms with Crippen LogP contribution in [0.15, 0.2) is 29.8 Å². The molecule has 1 aromatic carbocycles. The first kappa shape index (κ1) is 27.8. The number of para-hydroxylation sites is 1. The van der Waals surface area contributed by atoms with Gasteiger partial charge in [0.1, 0.15) is 11.6 Å². The lowest BCUT2D eigenvalue weighted by Crippen LogP contribution is -2.45. The van der Waals surface area contributed by atoms with Crippen molar-refractivity contribution in [3.8, 4) is 0 Å². The Morgan fingerprint density at radius 2 is 1.80 bits per heavy atom. The molecule has 0 fully saturated rings. The predicted octanol–water partition coefficient (Wildman–Crippen LogP) is 4.62. The van der Waals surface area contributed by atoms with E-state index in [0.717, 1.165) is 23.5 Å². The number of ether oxygens (including phenoxy) is 1. The van der Waals surface area contributed by atoms with Gasteiger partial charge in [-0.25, -0.2) is 9.78 Å². The third-order valence-electron chi connectivity index (χ3n) is 4.33. The molecular weight excluding hydrogens is 489 g/mol. The first-order valence-corrected chi connectivity index (χ1v) is 11.3. The van der Waals surface area contributed by atoms with E-state index in [0.29, 0.717) is 6.07 Å². The van der Waals surface area contributed by atoms with Crippen LogP contribution in [0.5, 0.6) is 0 Å². The van der Waals surface area contributed by atoms with Crippen LogP contribution in [0.3, 0.4) is 0 Å². The minimum atomic E-state index is -4.91. The molecule has 0 radical (unpaired) electrons. The fourth-order valence-corrected chi connectivity index (χ4v) is 3.40. The zero-order valence-corrected chi connectivity index (χ0v) is 20.2. The number of benzene rings is 1. The molecule has 1 atom stereocenters. The zero-order chi connectivity index (χ0) is 26.4. The number of carbonyl (C=O) groups is 4. The summed E-state index contributed by atoms with van der Waals surface area (Å²) in [4.78, 5) is 53.6. The van der Waals surface area contributed by atoms with Crippen LogP contribution in [0.25, 0.3) is 0 Å². The molecule has 0 unspecified atom stereocenters. The number of thiazole rings is 1. The maximum Gasteiger partial charge on any atom is 0.418 e. The third-order valence-corrected chi connectivity index (χ3v) is 5.02. The maximum absolute atomic E-state index is 13.7. The number of Topliss-reactive ketones (excluding diaryl/α,β-unsaturated/α-hetero) is 1. The highest BCUT2D eigenvalue weighted by Crippen LogP contribution is 2.37. The third kappa shape index (κ3) is 8.35. The molecule has 0 saturated carbocycles. The molecule has 190 valence electrons. The second-order valence-corrected chi connectivity index (χ2v) is 9.20. The van der Waals surface area contributed by atoms with Gasteiger partial charge < -0.3 is 20.7 Å². The molecule has 0 bridgehead atoms. The average molecular weight is 515 g/mol. The van der Waals surface area contributed by atoms with E-state index in [2.05, 4.69) is 20.9 Å². The molecule has 1 aromatic heterocycles. The molecular formula is C22H25F3N4O5S. The summed E-state index contributed by atoms with van der Waals surface area (Å²) >= 11 is 1.10. The molecule has 0 saturated heterocycles. The second kappa shape index (κ2) is 11.3. The van der Waals surface area contributed by atoms with E-state index in [1.165, 1.54) is 13.1 Å². The quantitative estimate of drug-likeness (QED) is 0.349. The van der Waals surface area contributed by atoms with E-state index in [4.69, 9.17) is 4.74 Å². The van der Waals surface area contributed by atoms with E-state index in [1.807, 2.05) is 0 Å². The number of rotatable bonds is 8. The lowest BCUT2D eigenvalue weighted by molar-refractivity contribution is -0.137. The number of nitrogens with zero attached hydrogens (tertiary/aromatic N) is 1. The molecule has 3 N–H and O–H groups in total. The topological polar surface area (TPSA) is 126 Å². The molecule has 0 aliphatic heterocycles. The average Bonchev–Trinajstić information content (AvgIpc) is 3.22. The predicted molar refractivity (Wildman–Crippen MR) is 123 cm³/mol. The van der Waals surface area contributed by atoms with Gasteiger partial charge in [-0.15, -0.1) is 11.3 Å². The number of aromatic nitrogens is 1. The Bertz CT molecular complexity index is 1080. The normalized spacial score (nSPS) is 12.4. The van der Waals surface area contributed by atoms with Gasteiger partial charge in [-0.1, -0.05) is 13.0 Å². The van der Waals surface area contributed by atoms with Crippen LogP contribution in [0, 0.1) is 0 Å². The van der Waals surface area contributed by atoms with Gasteiger partial charge >= 0.3 is 12.3 Å². The van der Waals surface area contributed by atoms with Crippen LogP contribution in [-0.2, 0) is 20.5 Å². The van der Waals surface area contributed by atoms with E-state index < -0.39 is 64.7 Å². The Morgan fingerprint density at radius 3 is 2.34 bits per heavy atom. The molecule has 2 aromatic rings. The van der Waals surface area contributed by atoms with Gasteiger partial charge in [0.05, 0.1) is 17.7 Å². The van der Waals surface area contributed by atoms with Crippen molar-refractivity contribution in [1.82, 2.24) is 10.3 Å². The van der Waals surface area contributed by atoms with Gasteiger partial charge in [-0.3, -0.25) is 14.4 Å². The molecule has 3 amide bonds. The Hall–Kier alpha value is -3.48. The Morgan fingerprint density at radius 1 is 1.11 bits per heavy atom. The minimum absolute atomic E-state index is 0.0265. The summed E-state index contributed by atoms with van der Waals surface area (Å²) in [5.41, 5.74) is -3.44. The summed E-state index contributed by atoms with van der Waals surface area (Å²) in [5, 5.41) is 8.59. The van der Waals surface area contributed by atoms with Gasteiger partial charge in [-0.2, -0.15) is 13.2 Å². The van der Waals surface area contributed by atoms with Crippen molar-refractivity contribution < 1.29 is 37.1 Å². The van der Waals surface area contributed by atoms with Crippen LogP contribution >= 0.6 is 11.3 Å². The summed E-state index contributed by atoms with van der Waals surface area (Å²) in [6.07, 6.45) is -5.17. The van der Waals surface area contributed by atoms with E-state index in [-0.39, 0.29) is 11.6 Å². The number of nitrogens with one attached hydrogen (secondary N) is 3. The number of ketones is 1. The number of halogens is 3. The molecule has 0 aliphatic carbocycles. The molecule has 2 rings (SSSR count). The molecule has 1 heterocycles. The monoisotopic (exact) mass is 514 g/mol. The lowest BCUT2D eigenvalue weighted by atomic mass is 10.0. The minimum Gasteiger partial charge on any atom is -0.444 e. The van der Waals surface area contributed by atoms with Crippen molar-refractivity contribution in [2.75, 3.05) is 10.6 Å². The number of amides is 3. The van der Waals surface area contributed by atoms with Crippen molar-refractivity contribution in [3.63, 3.8) is 0 Å². The van der Waals surface area contributed by atoms with Gasteiger partial charge in [0.15, 0.2) is 10.9 Å². The highest BCUT2D eigenvalue weighted by Gasteiger charge is 2.37. The van der Waals surface area contributed by atoms with Crippen LogP contribution in [0.1, 0.15) is 56.5 Å². The summed E-state index contributed by atoms with van der Waals surface area (Å²) < 4.78 is 46.2. The van der Waals surface area contributed by atoms with Crippen molar-refractivity contribution in [1.29, 1.82) is 0 Å². The zero-order valence-electron chi connectivity index (χ0n) is 19.4. The number of carbonyl (C=O) groups excluding carboxylic acids is 4. The molecule has 0 spiro atoms. The molecule has 0 aliphatic rings. The van der Waals surface area contributed by atoms with E-state index in [9.17, 15) is 32.3 Å². The number of alkyl carbamates (subject to hydrolysis) is 1. The van der Waals surface area contributed by atoms with Crippen molar-refractivity contribution in [2.24, 2.45) is 0 Å². The Labute approximate surface area is 203 Å². The maximum atomic E-state index is 13.7. The molecule has 35 heavy (non-hydrogen) atoms. The summed E-state index contributed by atoms with van der Waals surface area (Å²) in [6.45, 7) is 6.35. The number of hydrogen-bond donors (Lipinski definition) is 3. The fourth-order valence-electron chi connectivity index (χ4n) is 2.86. The first-order chi connectivity index (χ1) is 16.2. The fraction of sp³-hybridized carbons (Fsp3) is 0.409. The van der Waals surface area contributed by atoms with Gasteiger partial charge in [0.2, 0.25) is 11.8 Å². The number of hydrogen-bond acceptors (Lipinski definition) is 7. The smallest absolute Gasteiger partial charge is 0.418 e. The summed E-state index contributed by atoms with van der Waals surface area (Å²) in [7, 11) is 0. The first-order valence-electron chi connectivity index (χ1n) is 10.4. The van der Waals surface area contributed by atoms with E-state index in [1.54, 1.807) is 26.2 Å². The van der Waals surface area contributed by atoms with Gasteiger partial charge in [0.25, 0.3) is 0 Å². The molecule has 13 heteroatoms. The van der Waals surface area contributed by atoms with Crippen molar-refractivity contribution in [2.45, 2.75) is 58.4 Å². The largest absolute Gasteiger partial charge is 0.444 e. The Balaban J connectivity index is 2.29. The van der Waals surface area contributed by atoms with Crippen molar-refractivity contribution >= 4 is 45.8 Å². The van der Waals surface area contributed by atoms with Crippen molar-refractivity contribution in [3.05, 3.63) is 40.9 Å². The standard InChI is InChI=1S/C22H25F3N4O5S/c1-5-14(27-20(33)34-21(2,3)4)18(32)29-17-12(7-6-8-13(17)22(23,24)25)15(30)11-16(31)28-19-26-9-10-35-19/h6-10,14H,5,11H2,1-4H3,(H,27,33)(H,29,32)(H,26,28,31)/t14-/m0/s1. The lowest BCUT2D eigenvalue weighted by Gasteiger charge is -2.23. The van der Waals surface area contributed by atoms with Crippen LogP contribution in [0.4, 0.5) is 28.8 Å². The number of anilines is 2. The SMILES string of the molecule is CC[C@H](NC(=O)OC(C)(C)C)C(=O)Nc1c(C(=O)CC(=O)Nc2nccs2)cccc1C(F)(F)F. The number of alkyl halides is 3. The summed E-state index contributed by atoms with van der Waals surface area (Å²) in [5.74, 6) is -2.72. The Kier molecular flexibility index (Phi) is 8.96.